The van der Waals surface area contributed by atoms with Crippen LogP contribution in [0, 0.1) is 18.7 Å². The van der Waals surface area contributed by atoms with Gasteiger partial charge in [-0.1, -0.05) is 31.5 Å². The van der Waals surface area contributed by atoms with E-state index < -0.39 is 29.4 Å². The molecule has 1 unspecified atom stereocenters. The van der Waals surface area contributed by atoms with Crippen LogP contribution in [0.1, 0.15) is 41.4 Å². The van der Waals surface area contributed by atoms with E-state index in [-0.39, 0.29) is 27.9 Å². The highest BCUT2D eigenvalue weighted by Gasteiger charge is 2.33. The maximum Gasteiger partial charge on any atom is 0.311 e. The van der Waals surface area contributed by atoms with Crippen LogP contribution in [0.25, 0.3) is 10.9 Å². The minimum absolute atomic E-state index is 0.0611. The summed E-state index contributed by atoms with van der Waals surface area (Å²) in [7, 11) is 0. The lowest BCUT2D eigenvalue weighted by molar-refractivity contribution is -0.139. The molecule has 28 heavy (non-hydrogen) atoms. The van der Waals surface area contributed by atoms with Crippen LogP contribution in [0.3, 0.4) is 0 Å². The molecule has 1 atom stereocenters. The maximum absolute atomic E-state index is 14.9. The van der Waals surface area contributed by atoms with Gasteiger partial charge in [-0.15, -0.1) is 0 Å². The highest BCUT2D eigenvalue weighted by Crippen LogP contribution is 2.39. The molecular formula is C21H19ClFNO4. The highest BCUT2D eigenvalue weighted by molar-refractivity contribution is 6.31. The number of phenols is 1. The number of carboxylic acids is 1. The number of carbonyl (C=O) groups excluding carboxylic acids is 1. The van der Waals surface area contributed by atoms with E-state index in [9.17, 15) is 24.2 Å². The molecule has 3 rings (SSSR count). The lowest BCUT2D eigenvalue weighted by Crippen LogP contribution is -2.20. The first-order chi connectivity index (χ1) is 13.1. The van der Waals surface area contributed by atoms with E-state index in [0.717, 1.165) is 6.07 Å². The van der Waals surface area contributed by atoms with Crippen LogP contribution in [0.4, 0.5) is 4.39 Å². The smallest absolute Gasteiger partial charge is 0.311 e. The molecule has 0 bridgehead atoms. The topological polar surface area (TPSA) is 79.5 Å². The number of fused-ring (bicyclic) bond motifs is 1. The number of phenolic OH excluding ortho intramolecular Hbond substituents is 1. The molecule has 1 heterocycles. The fourth-order valence-electron chi connectivity index (χ4n) is 3.61. The molecule has 2 aromatic carbocycles. The van der Waals surface area contributed by atoms with Gasteiger partial charge in [0, 0.05) is 21.7 Å². The number of halogens is 2. The van der Waals surface area contributed by atoms with Gasteiger partial charge in [-0.05, 0) is 48.7 Å². The van der Waals surface area contributed by atoms with Crippen molar-refractivity contribution >= 4 is 34.4 Å². The Hall–Kier alpha value is -2.86. The third kappa shape index (κ3) is 3.14. The Morgan fingerprint density at radius 2 is 1.86 bits per heavy atom. The molecule has 3 aromatic rings. The summed E-state index contributed by atoms with van der Waals surface area (Å²) < 4.78 is 16.2. The van der Waals surface area contributed by atoms with Crippen LogP contribution in [0.2, 0.25) is 5.02 Å². The van der Waals surface area contributed by atoms with Gasteiger partial charge in [0.2, 0.25) is 0 Å². The first kappa shape index (κ1) is 19.9. The molecule has 0 saturated heterocycles. The average molecular weight is 404 g/mol. The average Bonchev–Trinajstić information content (AvgIpc) is 2.90. The van der Waals surface area contributed by atoms with E-state index in [0.29, 0.717) is 10.7 Å². The van der Waals surface area contributed by atoms with Crippen LogP contribution in [0.5, 0.6) is 5.75 Å². The Morgan fingerprint density at radius 1 is 1.18 bits per heavy atom. The van der Waals surface area contributed by atoms with E-state index in [1.54, 1.807) is 39.0 Å². The Labute approximate surface area is 166 Å². The van der Waals surface area contributed by atoms with Gasteiger partial charge in [-0.25, -0.2) is 4.39 Å². The van der Waals surface area contributed by atoms with Crippen molar-refractivity contribution in [3.63, 3.8) is 0 Å². The number of aromatic hydroxyl groups is 1. The minimum Gasteiger partial charge on any atom is -0.505 e. The fraction of sp³-hybridized carbons (Fsp3) is 0.238. The van der Waals surface area contributed by atoms with Crippen LogP contribution in [-0.2, 0) is 4.79 Å². The number of aromatic nitrogens is 1. The van der Waals surface area contributed by atoms with Crippen molar-refractivity contribution in [2.24, 2.45) is 5.92 Å². The normalized spacial score (nSPS) is 12.5. The summed E-state index contributed by atoms with van der Waals surface area (Å²) in [5, 5.41) is 19.9. The summed E-state index contributed by atoms with van der Waals surface area (Å²) in [4.78, 5) is 25.1. The van der Waals surface area contributed by atoms with Crippen molar-refractivity contribution in [2.45, 2.75) is 26.7 Å². The van der Waals surface area contributed by atoms with Gasteiger partial charge < -0.3 is 10.2 Å². The fourth-order valence-corrected chi connectivity index (χ4v) is 3.80. The standard InChI is InChI=1S/C21H19ClFNO4/c1-10(2)16(21(27)28)17-11(3)24(14-7-8-15(25)19(23)18(14)17)20(26)12-5-4-6-13(22)9-12/h4-10,16,25H,1-3H3,(H,27,28). The maximum atomic E-state index is 14.9. The second-order valence-corrected chi connectivity index (χ2v) is 7.44. The first-order valence-electron chi connectivity index (χ1n) is 8.70. The Balaban J connectivity index is 2.40. The van der Waals surface area contributed by atoms with Gasteiger partial charge in [0.05, 0.1) is 11.4 Å². The van der Waals surface area contributed by atoms with Crippen LogP contribution < -0.4 is 0 Å². The SMILES string of the molecule is Cc1c(C(C(=O)O)C(C)C)c2c(F)c(O)ccc2n1C(=O)c1cccc(Cl)c1. The predicted molar refractivity (Wildman–Crippen MR) is 105 cm³/mol. The summed E-state index contributed by atoms with van der Waals surface area (Å²) in [5.74, 6) is -4.55. The van der Waals surface area contributed by atoms with E-state index in [2.05, 4.69) is 0 Å². The molecule has 0 spiro atoms. The van der Waals surface area contributed by atoms with Gasteiger partial charge in [0.25, 0.3) is 5.91 Å². The van der Waals surface area contributed by atoms with Crippen molar-refractivity contribution in [3.8, 4) is 5.75 Å². The molecule has 5 nitrogen and oxygen atoms in total. The molecule has 0 saturated carbocycles. The Kier molecular flexibility index (Phi) is 5.17. The van der Waals surface area contributed by atoms with Crippen LogP contribution in [0.15, 0.2) is 36.4 Å². The monoisotopic (exact) mass is 403 g/mol. The number of nitrogens with zero attached hydrogens (tertiary/aromatic N) is 1. The van der Waals surface area contributed by atoms with E-state index in [1.165, 1.54) is 16.7 Å². The number of hydrogen-bond acceptors (Lipinski definition) is 3. The summed E-state index contributed by atoms with van der Waals surface area (Å²) in [6.45, 7) is 4.99. The van der Waals surface area contributed by atoms with Crippen molar-refractivity contribution in [2.75, 3.05) is 0 Å². The molecule has 2 N–H and O–H groups in total. The van der Waals surface area contributed by atoms with Gasteiger partial charge >= 0.3 is 5.97 Å². The third-order valence-electron chi connectivity index (χ3n) is 4.85. The molecule has 0 fully saturated rings. The van der Waals surface area contributed by atoms with Gasteiger partial charge in [-0.3, -0.25) is 14.2 Å². The second-order valence-electron chi connectivity index (χ2n) is 7.00. The molecule has 0 radical (unpaired) electrons. The zero-order valence-corrected chi connectivity index (χ0v) is 16.3. The van der Waals surface area contributed by atoms with Crippen LogP contribution in [-0.4, -0.2) is 26.7 Å². The van der Waals surface area contributed by atoms with Gasteiger partial charge in [0.1, 0.15) is 0 Å². The quantitative estimate of drug-likeness (QED) is 0.645. The number of carboxylic acid groups (broad SMARTS) is 1. The first-order valence-corrected chi connectivity index (χ1v) is 9.08. The van der Waals surface area contributed by atoms with Crippen molar-refractivity contribution < 1.29 is 24.2 Å². The minimum atomic E-state index is -1.13. The summed E-state index contributed by atoms with van der Waals surface area (Å²) in [6, 6.07) is 8.87. The lowest BCUT2D eigenvalue weighted by Gasteiger charge is -2.17. The molecule has 0 aliphatic rings. The zero-order valence-electron chi connectivity index (χ0n) is 15.5. The summed E-state index contributed by atoms with van der Waals surface area (Å²) in [5.41, 5.74) is 0.968. The van der Waals surface area contributed by atoms with Gasteiger partial charge in [0.15, 0.2) is 11.6 Å². The number of rotatable bonds is 4. The molecule has 0 aliphatic carbocycles. The highest BCUT2D eigenvalue weighted by atomic mass is 35.5. The van der Waals surface area contributed by atoms with E-state index in [4.69, 9.17) is 11.6 Å². The molecule has 0 amide bonds. The second kappa shape index (κ2) is 7.28. The van der Waals surface area contributed by atoms with Crippen molar-refractivity contribution in [3.05, 3.63) is 64.1 Å². The Morgan fingerprint density at radius 3 is 2.43 bits per heavy atom. The summed E-state index contributed by atoms with van der Waals surface area (Å²) in [6.07, 6.45) is 0. The van der Waals surface area contributed by atoms with Gasteiger partial charge in [-0.2, -0.15) is 0 Å². The van der Waals surface area contributed by atoms with E-state index in [1.807, 2.05) is 0 Å². The molecule has 0 aliphatic heterocycles. The zero-order chi connectivity index (χ0) is 20.7. The molecule has 7 heteroatoms. The third-order valence-corrected chi connectivity index (χ3v) is 5.09. The van der Waals surface area contributed by atoms with Crippen LogP contribution >= 0.6 is 11.6 Å². The number of aliphatic carboxylic acids is 1. The largest absolute Gasteiger partial charge is 0.505 e. The molecule has 146 valence electrons. The number of benzene rings is 2. The molecule has 1 aromatic heterocycles. The lowest BCUT2D eigenvalue weighted by atomic mass is 9.86. The van der Waals surface area contributed by atoms with Crippen molar-refractivity contribution in [1.29, 1.82) is 0 Å². The predicted octanol–water partition coefficient (Wildman–Crippen LogP) is 4.96. The van der Waals surface area contributed by atoms with E-state index >= 15 is 0 Å². The number of hydrogen-bond donors (Lipinski definition) is 2. The number of carbonyl (C=O) groups is 2. The van der Waals surface area contributed by atoms with Crippen molar-refractivity contribution in [1.82, 2.24) is 4.57 Å². The Bertz CT molecular complexity index is 1100. The summed E-state index contributed by atoms with van der Waals surface area (Å²) >= 11 is 5.99. The molecular weight excluding hydrogens is 385 g/mol.